The Morgan fingerprint density at radius 2 is 1.20 bits per heavy atom. The molecule has 35 heavy (non-hydrogen) atoms. The van der Waals surface area contributed by atoms with Crippen LogP contribution in [0.4, 0.5) is 0 Å². The monoisotopic (exact) mass is 488 g/mol. The van der Waals surface area contributed by atoms with Crippen molar-refractivity contribution in [1.29, 1.82) is 10.8 Å². The molecule has 2 unspecified atom stereocenters. The summed E-state index contributed by atoms with van der Waals surface area (Å²) in [6.45, 7) is 6.86. The molecular formula is C27H44N4O4. The van der Waals surface area contributed by atoms with E-state index in [9.17, 15) is 9.59 Å². The van der Waals surface area contributed by atoms with Gasteiger partial charge in [0.15, 0.2) is 0 Å². The summed E-state index contributed by atoms with van der Waals surface area (Å²) >= 11 is 0. The molecule has 3 saturated carbocycles. The van der Waals surface area contributed by atoms with Gasteiger partial charge in [0.05, 0.1) is 12.6 Å². The number of hydrogen-bond acceptors (Lipinski definition) is 8. The minimum Gasteiger partial charge on any atom is -0.222 e. The van der Waals surface area contributed by atoms with Crippen LogP contribution in [0.3, 0.4) is 0 Å². The Morgan fingerprint density at radius 3 is 1.60 bits per heavy atom. The maximum atomic E-state index is 10.3. The Morgan fingerprint density at radius 1 is 0.743 bits per heavy atom. The lowest BCUT2D eigenvalue weighted by atomic mass is 9.63. The summed E-state index contributed by atoms with van der Waals surface area (Å²) in [4.78, 5) is 44.7. The van der Waals surface area contributed by atoms with E-state index in [4.69, 9.17) is 20.4 Å². The molecule has 3 rings (SSSR count). The second-order valence-electron chi connectivity index (χ2n) is 11.3. The number of nitrogens with zero attached hydrogens (tertiary/aromatic N) is 2. The first-order chi connectivity index (χ1) is 16.7. The molecule has 0 aromatic rings. The smallest absolute Gasteiger partial charge is 0.222 e. The van der Waals surface area contributed by atoms with Gasteiger partial charge in [-0.1, -0.05) is 85.0 Å². The summed E-state index contributed by atoms with van der Waals surface area (Å²) in [5, 5.41) is 10.8. The fourth-order valence-electron chi connectivity index (χ4n) is 6.41. The van der Waals surface area contributed by atoms with Crippen molar-refractivity contribution in [2.75, 3.05) is 6.54 Å². The molecule has 8 heteroatoms. The predicted octanol–water partition coefficient (Wildman–Crippen LogP) is 6.58. The van der Waals surface area contributed by atoms with Gasteiger partial charge in [-0.15, -0.1) is 0 Å². The normalized spacial score (nSPS) is 25.5. The number of aliphatic imine (C=N–C) groups is 2. The molecule has 0 radical (unpaired) electrons. The van der Waals surface area contributed by atoms with E-state index in [1.807, 2.05) is 0 Å². The van der Waals surface area contributed by atoms with Crippen molar-refractivity contribution in [3.05, 3.63) is 0 Å². The molecule has 0 saturated heterocycles. The second-order valence-corrected chi connectivity index (χ2v) is 11.3. The molecule has 3 aliphatic rings. The highest BCUT2D eigenvalue weighted by Gasteiger charge is 2.41. The second kappa shape index (κ2) is 18.8. The van der Waals surface area contributed by atoms with Gasteiger partial charge in [-0.05, 0) is 48.3 Å². The molecule has 8 nitrogen and oxygen atoms in total. The standard InChI is InChI=1S/C13H24.C12H18N2O2.2CHNO/c1-3-7-12(8-4-1)11-13-9-5-2-6-10-13;1-11(2)4-10(14-9-16)5-12(3,6-11)7-13-8-15;2*2-1-3/h12-13H,1-11H2;10H,4-7H2,1-3H3;2*2H. The Kier molecular flexibility index (Phi) is 17.5. The van der Waals surface area contributed by atoms with E-state index in [1.165, 1.54) is 38.5 Å². The Hall–Kier alpha value is -2.48. The van der Waals surface area contributed by atoms with Crippen LogP contribution in [0.2, 0.25) is 0 Å². The third-order valence-electron chi connectivity index (χ3n) is 7.30. The molecule has 0 aromatic heterocycles. The Labute approximate surface area is 210 Å². The summed E-state index contributed by atoms with van der Waals surface area (Å²) in [6.07, 6.45) is 24.3. The van der Waals surface area contributed by atoms with E-state index in [2.05, 4.69) is 30.8 Å². The van der Waals surface area contributed by atoms with Crippen molar-refractivity contribution in [2.45, 2.75) is 117 Å². The molecule has 0 aliphatic heterocycles. The van der Waals surface area contributed by atoms with E-state index in [-0.39, 0.29) is 16.9 Å². The number of hydrogen-bond donors (Lipinski definition) is 2. The summed E-state index contributed by atoms with van der Waals surface area (Å²) in [6, 6.07) is 0.00750. The van der Waals surface area contributed by atoms with E-state index < -0.39 is 0 Å². The van der Waals surface area contributed by atoms with Gasteiger partial charge in [-0.3, -0.25) is 0 Å². The van der Waals surface area contributed by atoms with Crippen molar-refractivity contribution in [3.63, 3.8) is 0 Å². The molecule has 3 aliphatic carbocycles. The maximum absolute atomic E-state index is 10.3. The van der Waals surface area contributed by atoms with Gasteiger partial charge in [0.2, 0.25) is 24.3 Å². The van der Waals surface area contributed by atoms with Gasteiger partial charge >= 0.3 is 0 Å². The van der Waals surface area contributed by atoms with E-state index >= 15 is 0 Å². The van der Waals surface area contributed by atoms with Crippen LogP contribution in [0.5, 0.6) is 0 Å². The largest absolute Gasteiger partial charge is 0.235 e. The average Bonchev–Trinajstić information content (AvgIpc) is 2.80. The molecule has 0 spiro atoms. The van der Waals surface area contributed by atoms with Gasteiger partial charge < -0.3 is 0 Å². The number of carbonyl (C=O) groups excluding carboxylic acids is 4. The minimum absolute atomic E-state index is 0.00750. The Balaban J connectivity index is 0.000000545. The number of isocyanates is 4. The molecule has 2 N–H and O–H groups in total. The van der Waals surface area contributed by atoms with E-state index in [1.54, 1.807) is 44.3 Å². The molecule has 196 valence electrons. The van der Waals surface area contributed by atoms with Crippen LogP contribution in [0.25, 0.3) is 0 Å². The summed E-state index contributed by atoms with van der Waals surface area (Å²) in [5.74, 6) is 2.24. The highest BCUT2D eigenvalue weighted by molar-refractivity contribution is 5.34. The number of nitrogens with one attached hydrogen (secondary N) is 2. The van der Waals surface area contributed by atoms with Gasteiger partial charge in [-0.2, -0.15) is 0 Å². The lowest BCUT2D eigenvalue weighted by Crippen LogP contribution is -2.39. The highest BCUT2D eigenvalue weighted by atomic mass is 16.1. The fourth-order valence-corrected chi connectivity index (χ4v) is 6.41. The van der Waals surface area contributed by atoms with Crippen LogP contribution in [0.15, 0.2) is 9.98 Å². The lowest BCUT2D eigenvalue weighted by molar-refractivity contribution is 0.0915. The molecular weight excluding hydrogens is 444 g/mol. The van der Waals surface area contributed by atoms with Crippen molar-refractivity contribution in [2.24, 2.45) is 32.7 Å². The van der Waals surface area contributed by atoms with Crippen molar-refractivity contribution < 1.29 is 19.2 Å². The number of rotatable bonds is 5. The minimum atomic E-state index is -0.0653. The van der Waals surface area contributed by atoms with E-state index in [0.29, 0.717) is 6.54 Å². The Bertz CT molecular complexity index is 719. The quantitative estimate of drug-likeness (QED) is 0.333. The zero-order valence-electron chi connectivity index (χ0n) is 21.9. The fraction of sp³-hybridized carbons (Fsp3) is 0.852. The van der Waals surface area contributed by atoms with Crippen LogP contribution < -0.4 is 0 Å². The molecule has 0 amide bonds. The van der Waals surface area contributed by atoms with Gasteiger partial charge in [0.1, 0.15) is 0 Å². The van der Waals surface area contributed by atoms with Crippen LogP contribution in [-0.2, 0) is 19.2 Å². The first kappa shape index (κ1) is 32.5. The maximum Gasteiger partial charge on any atom is 0.235 e. The van der Waals surface area contributed by atoms with Crippen LogP contribution in [0, 0.1) is 33.5 Å². The summed E-state index contributed by atoms with van der Waals surface area (Å²) in [5.41, 5.74) is 0.0561. The zero-order chi connectivity index (χ0) is 26.6. The lowest BCUT2D eigenvalue weighted by Gasteiger charge is -2.44. The highest BCUT2D eigenvalue weighted by Crippen LogP contribution is 2.47. The molecule has 0 aromatic carbocycles. The first-order valence-electron chi connectivity index (χ1n) is 12.9. The van der Waals surface area contributed by atoms with Crippen molar-refractivity contribution >= 4 is 24.3 Å². The van der Waals surface area contributed by atoms with E-state index in [0.717, 1.165) is 43.3 Å². The van der Waals surface area contributed by atoms with Crippen molar-refractivity contribution in [3.8, 4) is 0 Å². The average molecular weight is 489 g/mol. The molecule has 2 atom stereocenters. The van der Waals surface area contributed by atoms with Gasteiger partial charge in [0.25, 0.3) is 0 Å². The van der Waals surface area contributed by atoms with Crippen LogP contribution in [0.1, 0.15) is 111 Å². The first-order valence-corrected chi connectivity index (χ1v) is 12.9. The van der Waals surface area contributed by atoms with Gasteiger partial charge in [-0.25, -0.2) is 40.0 Å². The summed E-state index contributed by atoms with van der Waals surface area (Å²) < 4.78 is 0. The molecule has 0 bridgehead atoms. The van der Waals surface area contributed by atoms with Crippen molar-refractivity contribution in [1.82, 2.24) is 0 Å². The third-order valence-corrected chi connectivity index (χ3v) is 7.30. The third kappa shape index (κ3) is 15.9. The molecule has 0 heterocycles. The molecule has 3 fully saturated rings. The zero-order valence-corrected chi connectivity index (χ0v) is 21.9. The summed E-state index contributed by atoms with van der Waals surface area (Å²) in [7, 11) is 0. The topological polar surface area (TPSA) is 141 Å². The van der Waals surface area contributed by atoms with Crippen LogP contribution >= 0.6 is 0 Å². The van der Waals surface area contributed by atoms with Crippen LogP contribution in [-0.4, -0.2) is 36.9 Å². The predicted molar refractivity (Wildman–Crippen MR) is 135 cm³/mol. The SMILES string of the molecule is C1CCC(CC2CCCCC2)CC1.CC1(C)CC(N=C=O)CC(C)(CN=C=O)C1.N=C=O.N=C=O. The van der Waals surface area contributed by atoms with Gasteiger partial charge in [0, 0.05) is 0 Å².